The van der Waals surface area contributed by atoms with Gasteiger partial charge in [-0.1, -0.05) is 130 Å². The van der Waals surface area contributed by atoms with E-state index in [9.17, 15) is 14.7 Å². The molecule has 2 amide bonds. The van der Waals surface area contributed by atoms with Crippen LogP contribution >= 0.6 is 23.2 Å². The quantitative estimate of drug-likeness (QED) is 0.0706. The number of fused-ring (bicyclic) bond motifs is 2. The highest BCUT2D eigenvalue weighted by molar-refractivity contribution is 6.35. The van der Waals surface area contributed by atoms with Crippen molar-refractivity contribution < 1.29 is 14.7 Å². The fourth-order valence-electron chi connectivity index (χ4n) is 5.90. The fraction of sp³-hybridized carbons (Fsp3) is 0.300. The zero-order chi connectivity index (χ0) is 34.6. The first-order chi connectivity index (χ1) is 23.9. The molecule has 5 rings (SSSR count). The Labute approximate surface area is 297 Å². The molecule has 5 aromatic rings. The fourth-order valence-corrected chi connectivity index (χ4v) is 6.22. The number of hydrogen-bond donors (Lipinski definition) is 3. The normalized spacial score (nSPS) is 11.4. The van der Waals surface area contributed by atoms with Gasteiger partial charge < -0.3 is 15.7 Å². The summed E-state index contributed by atoms with van der Waals surface area (Å²) in [6.45, 7) is 2.82. The number of carbonyl (C=O) groups is 2. The molecule has 9 heteroatoms. The van der Waals surface area contributed by atoms with Crippen molar-refractivity contribution in [1.29, 1.82) is 0 Å². The van der Waals surface area contributed by atoms with Crippen LogP contribution in [0.25, 0.3) is 21.5 Å². The van der Waals surface area contributed by atoms with Gasteiger partial charge in [0.15, 0.2) is 5.75 Å². The first-order valence-electron chi connectivity index (χ1n) is 17.1. The number of hydrogen-bond acceptors (Lipinski definition) is 5. The van der Waals surface area contributed by atoms with Crippen LogP contribution in [0.15, 0.2) is 95.2 Å². The van der Waals surface area contributed by atoms with Gasteiger partial charge in [-0.05, 0) is 59.7 Å². The van der Waals surface area contributed by atoms with E-state index in [1.165, 1.54) is 51.4 Å². The van der Waals surface area contributed by atoms with Crippen LogP contribution in [0.1, 0.15) is 91.8 Å². The minimum absolute atomic E-state index is 0.0190. The summed E-state index contributed by atoms with van der Waals surface area (Å²) >= 11 is 12.5. The Hall–Kier alpha value is -4.46. The molecule has 3 N–H and O–H groups in total. The zero-order valence-electron chi connectivity index (χ0n) is 27.8. The van der Waals surface area contributed by atoms with Crippen LogP contribution in [-0.4, -0.2) is 23.5 Å². The molecule has 0 aliphatic carbocycles. The summed E-state index contributed by atoms with van der Waals surface area (Å²) in [7, 11) is 0. The van der Waals surface area contributed by atoms with Crippen LogP contribution in [0, 0.1) is 0 Å². The first kappa shape index (κ1) is 35.8. The molecular formula is C40H42Cl2N4O3. The SMILES string of the molecule is CCCCCCCCCCCCNC(=O)c1ccc2c(N=Nc3cc(Cl)ccc3Cl)c(O)c(C(=O)Nc3cccc4ccccc34)cc2c1. The summed E-state index contributed by atoms with van der Waals surface area (Å²) < 4.78 is 0. The number of carbonyl (C=O) groups excluding carboxylic acids is 2. The van der Waals surface area contributed by atoms with E-state index in [1.807, 2.05) is 36.4 Å². The zero-order valence-corrected chi connectivity index (χ0v) is 29.3. The van der Waals surface area contributed by atoms with Crippen molar-refractivity contribution in [3.05, 3.63) is 106 Å². The number of aromatic hydroxyl groups is 1. The van der Waals surface area contributed by atoms with Gasteiger partial charge in [0.1, 0.15) is 11.4 Å². The van der Waals surface area contributed by atoms with E-state index in [0.717, 1.165) is 23.6 Å². The van der Waals surface area contributed by atoms with Gasteiger partial charge in [-0.25, -0.2) is 0 Å². The number of phenolic OH excluding ortho intramolecular Hbond substituents is 1. The Morgan fingerprint density at radius 3 is 2.18 bits per heavy atom. The molecule has 0 fully saturated rings. The van der Waals surface area contributed by atoms with E-state index in [-0.39, 0.29) is 22.9 Å². The third-order valence-corrected chi connectivity index (χ3v) is 9.17. The number of halogens is 2. The minimum atomic E-state index is -0.538. The third-order valence-electron chi connectivity index (χ3n) is 8.61. The third kappa shape index (κ3) is 9.58. The molecular weight excluding hydrogens is 655 g/mol. The Morgan fingerprint density at radius 2 is 1.41 bits per heavy atom. The first-order valence-corrected chi connectivity index (χ1v) is 17.8. The number of nitrogens with one attached hydrogen (secondary N) is 2. The number of amides is 2. The van der Waals surface area contributed by atoms with Crippen LogP contribution in [0.2, 0.25) is 10.0 Å². The molecule has 0 unspecified atom stereocenters. The van der Waals surface area contributed by atoms with Crippen molar-refractivity contribution in [3.63, 3.8) is 0 Å². The van der Waals surface area contributed by atoms with Gasteiger partial charge in [-0.2, -0.15) is 0 Å². The van der Waals surface area contributed by atoms with Crippen LogP contribution in [-0.2, 0) is 0 Å². The molecule has 49 heavy (non-hydrogen) atoms. The summed E-state index contributed by atoms with van der Waals surface area (Å²) in [5.41, 5.74) is 1.38. The number of benzene rings is 5. The largest absolute Gasteiger partial charge is 0.505 e. The molecule has 0 saturated carbocycles. The Bertz CT molecular complexity index is 1950. The lowest BCUT2D eigenvalue weighted by Crippen LogP contribution is -2.24. The van der Waals surface area contributed by atoms with Crippen LogP contribution in [0.3, 0.4) is 0 Å². The summed E-state index contributed by atoms with van der Waals surface area (Å²) in [5, 5.41) is 29.6. The summed E-state index contributed by atoms with van der Waals surface area (Å²) in [6.07, 6.45) is 12.2. The van der Waals surface area contributed by atoms with Gasteiger partial charge in [-0.15, -0.1) is 10.2 Å². The van der Waals surface area contributed by atoms with E-state index in [2.05, 4.69) is 27.8 Å². The predicted octanol–water partition coefficient (Wildman–Crippen LogP) is 12.3. The van der Waals surface area contributed by atoms with Crippen LogP contribution in [0.5, 0.6) is 5.75 Å². The van der Waals surface area contributed by atoms with Crippen molar-refractivity contribution in [2.24, 2.45) is 10.2 Å². The van der Waals surface area contributed by atoms with E-state index in [1.54, 1.807) is 48.5 Å². The van der Waals surface area contributed by atoms with Gasteiger partial charge in [0.05, 0.1) is 10.6 Å². The molecule has 0 aliphatic heterocycles. The molecule has 0 heterocycles. The van der Waals surface area contributed by atoms with Crippen molar-refractivity contribution in [2.45, 2.75) is 71.1 Å². The van der Waals surface area contributed by atoms with E-state index in [0.29, 0.717) is 44.3 Å². The number of anilines is 1. The van der Waals surface area contributed by atoms with Gasteiger partial charge in [0.25, 0.3) is 11.8 Å². The molecule has 7 nitrogen and oxygen atoms in total. The Morgan fingerprint density at radius 1 is 0.694 bits per heavy atom. The number of rotatable bonds is 16. The molecule has 254 valence electrons. The molecule has 0 aliphatic rings. The minimum Gasteiger partial charge on any atom is -0.505 e. The highest BCUT2D eigenvalue weighted by Crippen LogP contribution is 2.41. The van der Waals surface area contributed by atoms with E-state index in [4.69, 9.17) is 23.2 Å². The summed E-state index contributed by atoms with van der Waals surface area (Å²) in [6, 6.07) is 24.8. The molecule has 0 atom stereocenters. The summed E-state index contributed by atoms with van der Waals surface area (Å²) in [5.74, 6) is -1.10. The molecule has 0 saturated heterocycles. The van der Waals surface area contributed by atoms with Crippen molar-refractivity contribution in [2.75, 3.05) is 11.9 Å². The van der Waals surface area contributed by atoms with Crippen LogP contribution in [0.4, 0.5) is 17.1 Å². The second-order valence-electron chi connectivity index (χ2n) is 12.3. The lowest BCUT2D eigenvalue weighted by Gasteiger charge is -2.13. The van der Waals surface area contributed by atoms with Gasteiger partial charge in [-0.3, -0.25) is 9.59 Å². The highest BCUT2D eigenvalue weighted by atomic mass is 35.5. The maximum absolute atomic E-state index is 13.7. The molecule has 0 aromatic heterocycles. The maximum Gasteiger partial charge on any atom is 0.259 e. The lowest BCUT2D eigenvalue weighted by atomic mass is 10.00. The smallest absolute Gasteiger partial charge is 0.259 e. The average Bonchev–Trinajstić information content (AvgIpc) is 3.11. The highest BCUT2D eigenvalue weighted by Gasteiger charge is 2.20. The Kier molecular flexibility index (Phi) is 13.0. The van der Waals surface area contributed by atoms with Crippen molar-refractivity contribution in [1.82, 2.24) is 5.32 Å². The van der Waals surface area contributed by atoms with Crippen molar-refractivity contribution in [3.8, 4) is 5.75 Å². The number of azo groups is 1. The Balaban J connectivity index is 1.36. The second-order valence-corrected chi connectivity index (χ2v) is 13.1. The maximum atomic E-state index is 13.7. The molecule has 5 aromatic carbocycles. The standard InChI is InChI=1S/C40H42Cl2N4O3/c1-2-3-4-5-6-7-8-9-10-13-23-43-39(48)28-19-21-32-29(24-28)25-33(38(47)37(32)46-45-36-26-30(41)20-22-34(36)42)40(49)44-35-18-14-16-27-15-11-12-17-31(27)35/h11-12,14-22,24-26,47H,2-10,13,23H2,1H3,(H,43,48)(H,44,49). The van der Waals surface area contributed by atoms with E-state index < -0.39 is 5.91 Å². The second kappa shape index (κ2) is 17.8. The predicted molar refractivity (Wildman–Crippen MR) is 202 cm³/mol. The number of unbranched alkanes of at least 4 members (excludes halogenated alkanes) is 9. The number of phenols is 1. The van der Waals surface area contributed by atoms with E-state index >= 15 is 0 Å². The molecule has 0 radical (unpaired) electrons. The van der Waals surface area contributed by atoms with Crippen LogP contribution < -0.4 is 10.6 Å². The molecule has 0 bridgehead atoms. The lowest BCUT2D eigenvalue weighted by molar-refractivity contribution is 0.0952. The van der Waals surface area contributed by atoms with Gasteiger partial charge in [0, 0.05) is 33.6 Å². The monoisotopic (exact) mass is 696 g/mol. The average molecular weight is 698 g/mol. The van der Waals surface area contributed by atoms with Gasteiger partial charge >= 0.3 is 0 Å². The number of nitrogens with zero attached hydrogens (tertiary/aromatic N) is 2. The van der Waals surface area contributed by atoms with Gasteiger partial charge in [0.2, 0.25) is 0 Å². The van der Waals surface area contributed by atoms with Crippen molar-refractivity contribution >= 4 is 73.6 Å². The summed E-state index contributed by atoms with van der Waals surface area (Å²) in [4.78, 5) is 26.9. The molecule has 0 spiro atoms. The topological polar surface area (TPSA) is 103 Å².